The molecule has 1 fully saturated rings. The number of anilines is 1. The first-order valence-corrected chi connectivity index (χ1v) is 6.62. The van der Waals surface area contributed by atoms with E-state index in [2.05, 4.69) is 38.2 Å². The van der Waals surface area contributed by atoms with E-state index in [1.54, 1.807) is 0 Å². The predicted molar refractivity (Wildman–Crippen MR) is 74.2 cm³/mol. The fourth-order valence-corrected chi connectivity index (χ4v) is 1.83. The van der Waals surface area contributed by atoms with Crippen molar-refractivity contribution in [2.75, 3.05) is 31.7 Å². The van der Waals surface area contributed by atoms with Crippen LogP contribution in [0.15, 0.2) is 24.3 Å². The Bertz CT molecular complexity index is 386. The number of nitrogens with one attached hydrogen (secondary N) is 1. The smallest absolute Gasteiger partial charge is 0.121 e. The van der Waals surface area contributed by atoms with E-state index in [1.807, 2.05) is 12.1 Å². The lowest BCUT2D eigenvalue weighted by Crippen LogP contribution is -2.45. The van der Waals surface area contributed by atoms with Crippen LogP contribution in [0.5, 0.6) is 5.75 Å². The van der Waals surface area contributed by atoms with Crippen LogP contribution in [0.1, 0.15) is 20.8 Å². The molecule has 1 aromatic carbocycles. The molecule has 0 bridgehead atoms. The zero-order chi connectivity index (χ0) is 13.0. The fraction of sp³-hybridized carbons (Fsp3) is 0.600. The normalized spacial score (nSPS) is 17.3. The van der Waals surface area contributed by atoms with Gasteiger partial charge in [-0.15, -0.1) is 0 Å². The standard InChI is InChI=1S/C15H23NO2/c1-12(2)8-18-14-6-4-5-13(7-14)16-9-15(3)10-17-11-15/h4-7,12,16H,8-11H2,1-3H3. The van der Waals surface area contributed by atoms with Gasteiger partial charge in [0.25, 0.3) is 0 Å². The van der Waals surface area contributed by atoms with Gasteiger partial charge in [-0.05, 0) is 18.1 Å². The molecule has 1 heterocycles. The molecule has 100 valence electrons. The summed E-state index contributed by atoms with van der Waals surface area (Å²) >= 11 is 0. The third-order valence-corrected chi connectivity index (χ3v) is 3.04. The molecule has 1 N–H and O–H groups in total. The Morgan fingerprint density at radius 2 is 2.17 bits per heavy atom. The largest absolute Gasteiger partial charge is 0.493 e. The molecule has 3 heteroatoms. The molecule has 0 atom stereocenters. The first kappa shape index (κ1) is 13.2. The lowest BCUT2D eigenvalue weighted by Gasteiger charge is -2.38. The average Bonchev–Trinajstić information content (AvgIpc) is 2.32. The third-order valence-electron chi connectivity index (χ3n) is 3.04. The first-order valence-electron chi connectivity index (χ1n) is 6.62. The number of hydrogen-bond donors (Lipinski definition) is 1. The minimum atomic E-state index is 0.287. The number of hydrogen-bond acceptors (Lipinski definition) is 3. The molecular formula is C15H23NO2. The maximum atomic E-state index is 5.72. The Morgan fingerprint density at radius 1 is 1.39 bits per heavy atom. The van der Waals surface area contributed by atoms with Gasteiger partial charge in [0, 0.05) is 23.7 Å². The molecule has 0 unspecified atom stereocenters. The van der Waals surface area contributed by atoms with Crippen molar-refractivity contribution in [1.29, 1.82) is 0 Å². The summed E-state index contributed by atoms with van der Waals surface area (Å²) in [7, 11) is 0. The molecule has 0 saturated carbocycles. The maximum absolute atomic E-state index is 5.72. The molecule has 0 aromatic heterocycles. The van der Waals surface area contributed by atoms with Gasteiger partial charge in [-0.1, -0.05) is 26.8 Å². The summed E-state index contributed by atoms with van der Waals surface area (Å²) in [5.41, 5.74) is 1.40. The van der Waals surface area contributed by atoms with Crippen LogP contribution < -0.4 is 10.1 Å². The van der Waals surface area contributed by atoms with E-state index in [9.17, 15) is 0 Å². The summed E-state index contributed by atoms with van der Waals surface area (Å²) in [5, 5.41) is 3.46. The van der Waals surface area contributed by atoms with Gasteiger partial charge in [-0.25, -0.2) is 0 Å². The Morgan fingerprint density at radius 3 is 2.78 bits per heavy atom. The van der Waals surface area contributed by atoms with Crippen molar-refractivity contribution >= 4 is 5.69 Å². The van der Waals surface area contributed by atoms with Crippen LogP contribution in [0.2, 0.25) is 0 Å². The lowest BCUT2D eigenvalue weighted by molar-refractivity contribution is -0.0924. The topological polar surface area (TPSA) is 30.5 Å². The van der Waals surface area contributed by atoms with Crippen LogP contribution in [0, 0.1) is 11.3 Å². The summed E-state index contributed by atoms with van der Waals surface area (Å²) in [4.78, 5) is 0. The second-order valence-corrected chi connectivity index (χ2v) is 5.89. The van der Waals surface area contributed by atoms with Crippen molar-refractivity contribution in [3.8, 4) is 5.75 Å². The highest BCUT2D eigenvalue weighted by atomic mass is 16.5. The van der Waals surface area contributed by atoms with Crippen LogP contribution in [-0.2, 0) is 4.74 Å². The van der Waals surface area contributed by atoms with E-state index in [4.69, 9.17) is 9.47 Å². The summed E-state index contributed by atoms with van der Waals surface area (Å²) in [5.74, 6) is 1.48. The Hall–Kier alpha value is -1.22. The molecule has 18 heavy (non-hydrogen) atoms. The molecule has 0 radical (unpaired) electrons. The quantitative estimate of drug-likeness (QED) is 0.840. The summed E-state index contributed by atoms with van der Waals surface area (Å²) in [6, 6.07) is 8.16. The van der Waals surface area contributed by atoms with Crippen LogP contribution in [0.25, 0.3) is 0 Å². The van der Waals surface area contributed by atoms with Crippen LogP contribution in [0.3, 0.4) is 0 Å². The summed E-state index contributed by atoms with van der Waals surface area (Å²) < 4.78 is 11.0. The molecule has 1 aromatic rings. The van der Waals surface area contributed by atoms with E-state index >= 15 is 0 Å². The van der Waals surface area contributed by atoms with E-state index in [0.29, 0.717) is 5.92 Å². The molecule has 3 nitrogen and oxygen atoms in total. The maximum Gasteiger partial charge on any atom is 0.121 e. The van der Waals surface area contributed by atoms with Crippen LogP contribution in [-0.4, -0.2) is 26.4 Å². The van der Waals surface area contributed by atoms with Gasteiger partial charge in [0.2, 0.25) is 0 Å². The molecule has 0 amide bonds. The van der Waals surface area contributed by atoms with E-state index in [1.165, 1.54) is 0 Å². The number of rotatable bonds is 6. The van der Waals surface area contributed by atoms with Crippen molar-refractivity contribution in [3.63, 3.8) is 0 Å². The SMILES string of the molecule is CC(C)COc1cccc(NCC2(C)COC2)c1. The highest BCUT2D eigenvalue weighted by molar-refractivity contribution is 5.48. The molecule has 0 aliphatic carbocycles. The molecule has 1 saturated heterocycles. The molecular weight excluding hydrogens is 226 g/mol. The monoisotopic (exact) mass is 249 g/mol. The molecule has 1 aliphatic rings. The summed E-state index contributed by atoms with van der Waals surface area (Å²) in [6.45, 7) is 9.95. The lowest BCUT2D eigenvalue weighted by atomic mass is 9.89. The minimum absolute atomic E-state index is 0.287. The Balaban J connectivity index is 1.86. The zero-order valence-corrected chi connectivity index (χ0v) is 11.5. The van der Waals surface area contributed by atoms with E-state index < -0.39 is 0 Å². The second-order valence-electron chi connectivity index (χ2n) is 5.89. The number of ether oxygens (including phenoxy) is 2. The molecule has 1 aliphatic heterocycles. The average molecular weight is 249 g/mol. The van der Waals surface area contributed by atoms with Crippen LogP contribution in [0.4, 0.5) is 5.69 Å². The summed E-state index contributed by atoms with van der Waals surface area (Å²) in [6.07, 6.45) is 0. The van der Waals surface area contributed by atoms with Gasteiger partial charge in [0.1, 0.15) is 5.75 Å². The Kier molecular flexibility index (Phi) is 4.12. The van der Waals surface area contributed by atoms with E-state index in [-0.39, 0.29) is 5.41 Å². The minimum Gasteiger partial charge on any atom is -0.493 e. The second kappa shape index (κ2) is 5.61. The van der Waals surface area contributed by atoms with Crippen LogP contribution >= 0.6 is 0 Å². The molecule has 2 rings (SSSR count). The van der Waals surface area contributed by atoms with Gasteiger partial charge < -0.3 is 14.8 Å². The van der Waals surface area contributed by atoms with Crippen molar-refractivity contribution in [2.24, 2.45) is 11.3 Å². The van der Waals surface area contributed by atoms with Gasteiger partial charge >= 0.3 is 0 Å². The van der Waals surface area contributed by atoms with Gasteiger partial charge in [0.05, 0.1) is 19.8 Å². The third kappa shape index (κ3) is 3.64. The molecule has 0 spiro atoms. The van der Waals surface area contributed by atoms with Crippen molar-refractivity contribution in [3.05, 3.63) is 24.3 Å². The van der Waals surface area contributed by atoms with Crippen molar-refractivity contribution in [1.82, 2.24) is 0 Å². The van der Waals surface area contributed by atoms with Crippen molar-refractivity contribution in [2.45, 2.75) is 20.8 Å². The van der Waals surface area contributed by atoms with Crippen molar-refractivity contribution < 1.29 is 9.47 Å². The first-order chi connectivity index (χ1) is 8.57. The van der Waals surface area contributed by atoms with Gasteiger partial charge in [-0.2, -0.15) is 0 Å². The zero-order valence-electron chi connectivity index (χ0n) is 11.5. The van der Waals surface area contributed by atoms with Gasteiger partial charge in [0.15, 0.2) is 0 Å². The van der Waals surface area contributed by atoms with Gasteiger partial charge in [-0.3, -0.25) is 0 Å². The predicted octanol–water partition coefficient (Wildman–Crippen LogP) is 3.17. The highest BCUT2D eigenvalue weighted by Gasteiger charge is 2.32. The fourth-order valence-electron chi connectivity index (χ4n) is 1.83. The number of benzene rings is 1. The highest BCUT2D eigenvalue weighted by Crippen LogP contribution is 2.27. The van der Waals surface area contributed by atoms with E-state index in [0.717, 1.165) is 37.8 Å². The Labute approximate surface area is 109 Å².